The van der Waals surface area contributed by atoms with Gasteiger partial charge in [-0.25, -0.2) is 0 Å². The Bertz CT molecular complexity index is 417. The monoisotopic (exact) mass is 284 g/mol. The molecule has 0 aliphatic carbocycles. The van der Waals surface area contributed by atoms with Gasteiger partial charge in [0, 0.05) is 13.5 Å². The van der Waals surface area contributed by atoms with Crippen molar-refractivity contribution in [3.8, 4) is 0 Å². The third-order valence-electron chi connectivity index (χ3n) is 2.93. The van der Waals surface area contributed by atoms with Gasteiger partial charge in [0.25, 0.3) is 0 Å². The number of carbonyl (C=O) groups is 1. The minimum Gasteiger partial charge on any atom is -0.465 e. The van der Waals surface area contributed by atoms with Crippen molar-refractivity contribution >= 4 is 5.97 Å². The maximum Gasteiger partial charge on any atom is 0.318 e. The number of nitrogens with zero attached hydrogens (tertiary/aromatic N) is 2. The van der Waals surface area contributed by atoms with E-state index in [1.165, 1.54) is 0 Å². The van der Waals surface area contributed by atoms with Crippen LogP contribution in [0.3, 0.4) is 0 Å². The summed E-state index contributed by atoms with van der Waals surface area (Å²) in [6.07, 6.45) is 1.18. The molecule has 0 aromatic carbocycles. The van der Waals surface area contributed by atoms with Gasteiger partial charge >= 0.3 is 5.97 Å². The molecule has 1 heterocycles. The van der Waals surface area contributed by atoms with E-state index in [9.17, 15) is 4.79 Å². The van der Waals surface area contributed by atoms with E-state index in [2.05, 4.69) is 10.1 Å². The maximum absolute atomic E-state index is 12.0. The predicted molar refractivity (Wildman–Crippen MR) is 73.3 cm³/mol. The third-order valence-corrected chi connectivity index (χ3v) is 2.93. The van der Waals surface area contributed by atoms with Crippen molar-refractivity contribution < 1.29 is 18.8 Å². The molecule has 20 heavy (non-hydrogen) atoms. The lowest BCUT2D eigenvalue weighted by molar-refractivity contribution is -0.146. The fourth-order valence-corrected chi connectivity index (χ4v) is 1.84. The summed E-state index contributed by atoms with van der Waals surface area (Å²) >= 11 is 0. The quantitative estimate of drug-likeness (QED) is 0.682. The van der Waals surface area contributed by atoms with Crippen LogP contribution in [0.15, 0.2) is 4.52 Å². The number of methoxy groups -OCH3 is 1. The molecule has 6 nitrogen and oxygen atoms in total. The van der Waals surface area contributed by atoms with Crippen molar-refractivity contribution in [3.05, 3.63) is 11.7 Å². The number of hydrogen-bond donors (Lipinski definition) is 0. The van der Waals surface area contributed by atoms with Crippen LogP contribution in [0.5, 0.6) is 0 Å². The fourth-order valence-electron chi connectivity index (χ4n) is 1.84. The molecule has 0 N–H and O–H groups in total. The molecule has 1 aromatic rings. The maximum atomic E-state index is 12.0. The van der Waals surface area contributed by atoms with Gasteiger partial charge in [-0.05, 0) is 26.2 Å². The van der Waals surface area contributed by atoms with Crippen molar-refractivity contribution in [1.82, 2.24) is 10.1 Å². The second-order valence-corrected chi connectivity index (χ2v) is 5.23. The van der Waals surface area contributed by atoms with E-state index in [-0.39, 0.29) is 12.1 Å². The highest BCUT2D eigenvalue weighted by Gasteiger charge is 2.29. The van der Waals surface area contributed by atoms with Crippen LogP contribution in [0.1, 0.15) is 51.7 Å². The first-order valence-corrected chi connectivity index (χ1v) is 6.99. The van der Waals surface area contributed by atoms with Crippen LogP contribution in [-0.4, -0.2) is 35.9 Å². The Hall–Kier alpha value is -1.43. The van der Waals surface area contributed by atoms with Crippen LogP contribution in [0.25, 0.3) is 0 Å². The van der Waals surface area contributed by atoms with Crippen molar-refractivity contribution in [1.29, 1.82) is 0 Å². The van der Waals surface area contributed by atoms with Crippen LogP contribution in [-0.2, 0) is 20.7 Å². The number of esters is 1. The van der Waals surface area contributed by atoms with Crippen LogP contribution < -0.4 is 0 Å². The molecule has 1 aromatic heterocycles. The zero-order valence-corrected chi connectivity index (χ0v) is 12.9. The fraction of sp³-hybridized carbons (Fsp3) is 0.786. The standard InChI is InChI=1S/C14H24N2O4/c1-6-19-14(17)11(7-9(2)3)13-15-12(16-20-13)8-10(4)18-5/h9-11H,6-8H2,1-5H3. The van der Waals surface area contributed by atoms with E-state index in [1.807, 2.05) is 20.8 Å². The van der Waals surface area contributed by atoms with E-state index in [4.69, 9.17) is 14.0 Å². The summed E-state index contributed by atoms with van der Waals surface area (Å²) in [6.45, 7) is 8.12. The molecule has 0 radical (unpaired) electrons. The van der Waals surface area contributed by atoms with Crippen LogP contribution in [0, 0.1) is 5.92 Å². The molecule has 0 fully saturated rings. The van der Waals surface area contributed by atoms with E-state index in [0.717, 1.165) is 0 Å². The Balaban J connectivity index is 2.82. The molecular weight excluding hydrogens is 260 g/mol. The first kappa shape index (κ1) is 16.6. The number of hydrogen-bond acceptors (Lipinski definition) is 6. The normalized spacial score (nSPS) is 14.3. The minimum atomic E-state index is -0.492. The Kier molecular flexibility index (Phi) is 6.64. The summed E-state index contributed by atoms with van der Waals surface area (Å²) in [7, 11) is 1.63. The smallest absolute Gasteiger partial charge is 0.318 e. The van der Waals surface area contributed by atoms with Gasteiger partial charge in [0.15, 0.2) is 5.82 Å². The molecule has 2 atom stereocenters. The summed E-state index contributed by atoms with van der Waals surface area (Å²) in [6, 6.07) is 0. The van der Waals surface area contributed by atoms with Crippen molar-refractivity contribution in [2.45, 2.75) is 52.6 Å². The number of aromatic nitrogens is 2. The zero-order chi connectivity index (χ0) is 15.1. The van der Waals surface area contributed by atoms with Gasteiger partial charge in [-0.15, -0.1) is 0 Å². The van der Waals surface area contributed by atoms with Crippen molar-refractivity contribution in [3.63, 3.8) is 0 Å². The molecule has 0 bridgehead atoms. The van der Waals surface area contributed by atoms with E-state index < -0.39 is 5.92 Å². The molecular formula is C14H24N2O4. The van der Waals surface area contributed by atoms with E-state index in [0.29, 0.717) is 37.1 Å². The number of ether oxygens (including phenoxy) is 2. The molecule has 0 spiro atoms. The highest BCUT2D eigenvalue weighted by atomic mass is 16.5. The Morgan fingerprint density at radius 1 is 1.35 bits per heavy atom. The summed E-state index contributed by atoms with van der Waals surface area (Å²) in [5, 5.41) is 3.90. The lowest BCUT2D eigenvalue weighted by Gasteiger charge is -2.13. The van der Waals surface area contributed by atoms with Gasteiger partial charge < -0.3 is 14.0 Å². The Morgan fingerprint density at radius 2 is 2.05 bits per heavy atom. The topological polar surface area (TPSA) is 74.5 Å². The second kappa shape index (κ2) is 7.99. The summed E-state index contributed by atoms with van der Waals surface area (Å²) in [5.74, 6) is 0.408. The van der Waals surface area contributed by atoms with Crippen LogP contribution in [0.2, 0.25) is 0 Å². The first-order chi connectivity index (χ1) is 9.47. The molecule has 0 saturated carbocycles. The van der Waals surface area contributed by atoms with Gasteiger partial charge in [0.1, 0.15) is 5.92 Å². The molecule has 0 amide bonds. The van der Waals surface area contributed by atoms with Gasteiger partial charge in [-0.3, -0.25) is 4.79 Å². The van der Waals surface area contributed by atoms with Crippen molar-refractivity contribution in [2.24, 2.45) is 5.92 Å². The average Bonchev–Trinajstić information content (AvgIpc) is 2.84. The summed E-state index contributed by atoms with van der Waals surface area (Å²) in [4.78, 5) is 16.3. The van der Waals surface area contributed by atoms with Crippen LogP contribution in [0.4, 0.5) is 0 Å². The molecule has 0 aliphatic heterocycles. The van der Waals surface area contributed by atoms with Crippen LogP contribution >= 0.6 is 0 Å². The molecule has 0 aliphatic rings. The van der Waals surface area contributed by atoms with Gasteiger partial charge in [-0.1, -0.05) is 19.0 Å². The SMILES string of the molecule is CCOC(=O)C(CC(C)C)c1nc(CC(C)OC)no1. The molecule has 114 valence electrons. The largest absolute Gasteiger partial charge is 0.465 e. The molecule has 0 saturated heterocycles. The lowest BCUT2D eigenvalue weighted by atomic mass is 9.97. The Labute approximate surface area is 119 Å². The highest BCUT2D eigenvalue weighted by Crippen LogP contribution is 2.24. The lowest BCUT2D eigenvalue weighted by Crippen LogP contribution is -2.18. The molecule has 2 unspecified atom stereocenters. The van der Waals surface area contributed by atoms with E-state index >= 15 is 0 Å². The van der Waals surface area contributed by atoms with Crippen molar-refractivity contribution in [2.75, 3.05) is 13.7 Å². The predicted octanol–water partition coefficient (Wildman–Crippen LogP) is 2.34. The Morgan fingerprint density at radius 3 is 2.60 bits per heavy atom. The van der Waals surface area contributed by atoms with E-state index in [1.54, 1.807) is 14.0 Å². The van der Waals surface area contributed by atoms with Gasteiger partial charge in [-0.2, -0.15) is 4.98 Å². The average molecular weight is 284 g/mol. The second-order valence-electron chi connectivity index (χ2n) is 5.23. The number of rotatable bonds is 8. The molecule has 1 rings (SSSR count). The minimum absolute atomic E-state index is 0.00610. The molecule has 6 heteroatoms. The third kappa shape index (κ3) is 4.92. The number of carbonyl (C=O) groups excluding carboxylic acids is 1. The summed E-state index contributed by atoms with van der Waals surface area (Å²) in [5.41, 5.74) is 0. The van der Waals surface area contributed by atoms with Gasteiger partial charge in [0.2, 0.25) is 5.89 Å². The summed E-state index contributed by atoms with van der Waals surface area (Å²) < 4.78 is 15.5. The van der Waals surface area contributed by atoms with Gasteiger partial charge in [0.05, 0.1) is 12.7 Å². The first-order valence-electron chi connectivity index (χ1n) is 6.99. The zero-order valence-electron chi connectivity index (χ0n) is 12.9. The highest BCUT2D eigenvalue weighted by molar-refractivity contribution is 5.76.